The first-order chi connectivity index (χ1) is 7.61. The summed E-state index contributed by atoms with van der Waals surface area (Å²) in [6.45, 7) is 3.96. The standard InChI is InChI=1S/C13H11BrOS/c1-8-4-3-5-11(12(8)14)13(15)10-6-7-16-9(10)2/h3-7H,1-2H3. The van der Waals surface area contributed by atoms with Crippen molar-refractivity contribution in [3.63, 3.8) is 0 Å². The number of benzene rings is 1. The third-order valence-electron chi connectivity index (χ3n) is 2.54. The number of ketones is 1. The van der Waals surface area contributed by atoms with E-state index in [-0.39, 0.29) is 5.78 Å². The highest BCUT2D eigenvalue weighted by Gasteiger charge is 2.15. The molecule has 3 heteroatoms. The molecule has 1 heterocycles. The summed E-state index contributed by atoms with van der Waals surface area (Å²) in [5, 5.41) is 1.95. The highest BCUT2D eigenvalue weighted by atomic mass is 79.9. The maximum atomic E-state index is 12.3. The van der Waals surface area contributed by atoms with Crippen LogP contribution in [-0.2, 0) is 0 Å². The SMILES string of the molecule is Cc1cccc(C(=O)c2ccsc2C)c1Br. The molecule has 2 aromatic rings. The Morgan fingerprint density at radius 3 is 2.56 bits per heavy atom. The molecule has 0 aliphatic rings. The summed E-state index contributed by atoms with van der Waals surface area (Å²) in [4.78, 5) is 13.3. The largest absolute Gasteiger partial charge is 0.289 e. The Hall–Kier alpha value is -0.930. The van der Waals surface area contributed by atoms with E-state index in [0.717, 1.165) is 26.0 Å². The van der Waals surface area contributed by atoms with E-state index in [4.69, 9.17) is 0 Å². The molecule has 0 bridgehead atoms. The first-order valence-electron chi connectivity index (χ1n) is 4.95. The van der Waals surface area contributed by atoms with E-state index in [1.807, 2.05) is 43.5 Å². The number of hydrogen-bond acceptors (Lipinski definition) is 2. The predicted molar refractivity (Wildman–Crippen MR) is 71.4 cm³/mol. The molecule has 82 valence electrons. The lowest BCUT2D eigenvalue weighted by Gasteiger charge is -2.05. The number of rotatable bonds is 2. The van der Waals surface area contributed by atoms with Crippen molar-refractivity contribution < 1.29 is 4.79 Å². The van der Waals surface area contributed by atoms with E-state index in [1.165, 1.54) is 0 Å². The van der Waals surface area contributed by atoms with Gasteiger partial charge in [0.25, 0.3) is 0 Å². The molecule has 1 aromatic heterocycles. The van der Waals surface area contributed by atoms with Crippen molar-refractivity contribution in [2.45, 2.75) is 13.8 Å². The third kappa shape index (κ3) is 1.97. The number of thiophene rings is 1. The van der Waals surface area contributed by atoms with Gasteiger partial charge in [-0.3, -0.25) is 4.79 Å². The van der Waals surface area contributed by atoms with Crippen molar-refractivity contribution in [1.29, 1.82) is 0 Å². The van der Waals surface area contributed by atoms with E-state index in [9.17, 15) is 4.79 Å². The van der Waals surface area contributed by atoms with E-state index < -0.39 is 0 Å². The van der Waals surface area contributed by atoms with Crippen LogP contribution in [0.4, 0.5) is 0 Å². The van der Waals surface area contributed by atoms with Crippen LogP contribution in [0.1, 0.15) is 26.4 Å². The van der Waals surface area contributed by atoms with Gasteiger partial charge in [-0.25, -0.2) is 0 Å². The van der Waals surface area contributed by atoms with Crippen molar-refractivity contribution in [1.82, 2.24) is 0 Å². The molecule has 0 aliphatic heterocycles. The summed E-state index contributed by atoms with van der Waals surface area (Å²) in [6.07, 6.45) is 0. The quantitative estimate of drug-likeness (QED) is 0.752. The normalized spacial score (nSPS) is 10.4. The number of carbonyl (C=O) groups is 1. The van der Waals surface area contributed by atoms with Gasteiger partial charge >= 0.3 is 0 Å². The van der Waals surface area contributed by atoms with Crippen LogP contribution in [-0.4, -0.2) is 5.78 Å². The zero-order valence-corrected chi connectivity index (χ0v) is 11.5. The van der Waals surface area contributed by atoms with Gasteiger partial charge in [0.1, 0.15) is 0 Å². The lowest BCUT2D eigenvalue weighted by Crippen LogP contribution is -2.03. The lowest BCUT2D eigenvalue weighted by molar-refractivity contribution is 0.103. The summed E-state index contributed by atoms with van der Waals surface area (Å²) in [5.41, 5.74) is 2.62. The Balaban J connectivity index is 2.50. The predicted octanol–water partition coefficient (Wildman–Crippen LogP) is 4.36. The van der Waals surface area contributed by atoms with Gasteiger partial charge in [-0.15, -0.1) is 11.3 Å². The molecule has 2 rings (SSSR count). The molecule has 0 spiro atoms. The second-order valence-electron chi connectivity index (χ2n) is 3.66. The molecule has 0 aliphatic carbocycles. The highest BCUT2D eigenvalue weighted by Crippen LogP contribution is 2.26. The lowest BCUT2D eigenvalue weighted by atomic mass is 10.0. The highest BCUT2D eigenvalue weighted by molar-refractivity contribution is 9.10. The van der Waals surface area contributed by atoms with Crippen LogP contribution >= 0.6 is 27.3 Å². The third-order valence-corrected chi connectivity index (χ3v) is 4.44. The first-order valence-corrected chi connectivity index (χ1v) is 6.62. The number of aryl methyl sites for hydroxylation is 2. The van der Waals surface area contributed by atoms with Crippen molar-refractivity contribution in [2.75, 3.05) is 0 Å². The fraction of sp³-hybridized carbons (Fsp3) is 0.154. The van der Waals surface area contributed by atoms with Gasteiger partial charge in [-0.1, -0.05) is 12.1 Å². The molecule has 0 saturated heterocycles. The molecule has 0 atom stereocenters. The van der Waals surface area contributed by atoms with E-state index in [0.29, 0.717) is 0 Å². The molecule has 0 saturated carbocycles. The summed E-state index contributed by atoms with van der Waals surface area (Å²) in [5.74, 6) is 0.0920. The van der Waals surface area contributed by atoms with Crippen LogP contribution in [0.5, 0.6) is 0 Å². The Morgan fingerprint density at radius 1 is 1.19 bits per heavy atom. The molecule has 0 N–H and O–H groups in total. The van der Waals surface area contributed by atoms with Gasteiger partial charge in [0, 0.05) is 20.5 Å². The Morgan fingerprint density at radius 2 is 1.94 bits per heavy atom. The summed E-state index contributed by atoms with van der Waals surface area (Å²) in [6, 6.07) is 7.64. The van der Waals surface area contributed by atoms with E-state index in [2.05, 4.69) is 15.9 Å². The van der Waals surface area contributed by atoms with Gasteiger partial charge in [0.2, 0.25) is 0 Å². The molecule has 16 heavy (non-hydrogen) atoms. The molecular weight excluding hydrogens is 284 g/mol. The van der Waals surface area contributed by atoms with Crippen molar-refractivity contribution >= 4 is 33.0 Å². The second kappa shape index (κ2) is 4.52. The molecule has 0 radical (unpaired) electrons. The zero-order valence-electron chi connectivity index (χ0n) is 9.08. The summed E-state index contributed by atoms with van der Waals surface area (Å²) in [7, 11) is 0. The van der Waals surface area contributed by atoms with Crippen molar-refractivity contribution in [2.24, 2.45) is 0 Å². The average molecular weight is 295 g/mol. The topological polar surface area (TPSA) is 17.1 Å². The van der Waals surface area contributed by atoms with Gasteiger partial charge in [0.15, 0.2) is 5.78 Å². The summed E-state index contributed by atoms with van der Waals surface area (Å²) < 4.78 is 0.894. The fourth-order valence-electron chi connectivity index (χ4n) is 1.59. The maximum Gasteiger partial charge on any atom is 0.195 e. The maximum absolute atomic E-state index is 12.3. The van der Waals surface area contributed by atoms with Crippen LogP contribution in [0.15, 0.2) is 34.1 Å². The van der Waals surface area contributed by atoms with Crippen LogP contribution in [0.2, 0.25) is 0 Å². The van der Waals surface area contributed by atoms with E-state index >= 15 is 0 Å². The first kappa shape index (κ1) is 11.6. The van der Waals surface area contributed by atoms with Gasteiger partial charge in [0.05, 0.1) is 0 Å². The monoisotopic (exact) mass is 294 g/mol. The van der Waals surface area contributed by atoms with E-state index in [1.54, 1.807) is 11.3 Å². The zero-order chi connectivity index (χ0) is 11.7. The minimum absolute atomic E-state index is 0.0920. The van der Waals surface area contributed by atoms with Crippen LogP contribution < -0.4 is 0 Å². The van der Waals surface area contributed by atoms with Crippen molar-refractivity contribution in [3.05, 3.63) is 55.7 Å². The minimum atomic E-state index is 0.0920. The van der Waals surface area contributed by atoms with Crippen LogP contribution in [0, 0.1) is 13.8 Å². The molecular formula is C13H11BrOS. The molecule has 0 unspecified atom stereocenters. The molecule has 0 amide bonds. The van der Waals surface area contributed by atoms with Crippen LogP contribution in [0.3, 0.4) is 0 Å². The number of hydrogen-bond donors (Lipinski definition) is 0. The summed E-state index contributed by atoms with van der Waals surface area (Å²) >= 11 is 5.07. The smallest absolute Gasteiger partial charge is 0.195 e. The van der Waals surface area contributed by atoms with Gasteiger partial charge < -0.3 is 0 Å². The molecule has 1 nitrogen and oxygen atoms in total. The van der Waals surface area contributed by atoms with Crippen molar-refractivity contribution in [3.8, 4) is 0 Å². The van der Waals surface area contributed by atoms with Gasteiger partial charge in [-0.2, -0.15) is 0 Å². The number of halogens is 1. The Labute approximate surface area is 107 Å². The Kier molecular flexibility index (Phi) is 3.26. The van der Waals surface area contributed by atoms with Crippen LogP contribution in [0.25, 0.3) is 0 Å². The molecule has 1 aromatic carbocycles. The molecule has 0 fully saturated rings. The fourth-order valence-corrected chi connectivity index (χ4v) is 2.73. The van der Waals surface area contributed by atoms with Gasteiger partial charge in [-0.05, 0) is 52.9 Å². The second-order valence-corrected chi connectivity index (χ2v) is 5.57. The Bertz CT molecular complexity index is 543. The minimum Gasteiger partial charge on any atom is -0.289 e. The average Bonchev–Trinajstić information content (AvgIpc) is 2.68. The number of carbonyl (C=O) groups excluding carboxylic acids is 1.